The number of hydrogen-bond donors (Lipinski definition) is 0. The van der Waals surface area contributed by atoms with Crippen LogP contribution in [0.5, 0.6) is 0 Å². The molecule has 2 rings (SSSR count). The Kier molecular flexibility index (Phi) is 12.2. The summed E-state index contributed by atoms with van der Waals surface area (Å²) in [4.78, 5) is 23.8. The first-order valence-electron chi connectivity index (χ1n) is 11.7. The van der Waals surface area contributed by atoms with E-state index in [2.05, 4.69) is 24.3 Å². The SMILES string of the molecule is COC(=O)CCCCCCCCCCCCCCCn1c(C)nc2c(Cl)nc(Cl)nc21. The monoisotopic (exact) mass is 470 g/mol. The number of unbranched alkanes of at least 4 members (excludes halogenated alkanes) is 12. The molecule has 0 radical (unpaired) electrons. The van der Waals surface area contributed by atoms with E-state index in [1.807, 2.05) is 6.92 Å². The second-order valence-corrected chi connectivity index (χ2v) is 8.88. The molecular formula is C23H36Cl2N4O2. The highest BCUT2D eigenvalue weighted by Gasteiger charge is 2.13. The first-order chi connectivity index (χ1) is 15.0. The highest BCUT2D eigenvalue weighted by molar-refractivity contribution is 6.35. The van der Waals surface area contributed by atoms with Gasteiger partial charge in [-0.25, -0.2) is 9.97 Å². The molecule has 31 heavy (non-hydrogen) atoms. The minimum Gasteiger partial charge on any atom is -0.469 e. The summed E-state index contributed by atoms with van der Waals surface area (Å²) in [6, 6.07) is 0. The quantitative estimate of drug-likeness (QED) is 0.113. The number of fused-ring (bicyclic) bond motifs is 1. The molecule has 0 aliphatic carbocycles. The Labute approximate surface area is 196 Å². The number of carbonyl (C=O) groups excluding carboxylic acids is 1. The summed E-state index contributed by atoms with van der Waals surface area (Å²) < 4.78 is 6.74. The van der Waals surface area contributed by atoms with Crippen LogP contribution in [0.2, 0.25) is 10.4 Å². The topological polar surface area (TPSA) is 69.9 Å². The number of imidazole rings is 1. The van der Waals surface area contributed by atoms with Gasteiger partial charge in [-0.1, -0.05) is 82.2 Å². The number of hydrogen-bond acceptors (Lipinski definition) is 5. The van der Waals surface area contributed by atoms with Gasteiger partial charge in [-0.05, 0) is 31.4 Å². The summed E-state index contributed by atoms with van der Waals surface area (Å²) >= 11 is 12.1. The number of aromatic nitrogens is 4. The summed E-state index contributed by atoms with van der Waals surface area (Å²) in [5, 5.41) is 0.479. The van der Waals surface area contributed by atoms with Gasteiger partial charge in [0.2, 0.25) is 5.28 Å². The van der Waals surface area contributed by atoms with E-state index in [1.165, 1.54) is 71.3 Å². The number of rotatable bonds is 16. The molecule has 8 heteroatoms. The number of aryl methyl sites for hydroxylation is 2. The zero-order chi connectivity index (χ0) is 22.5. The fraction of sp³-hybridized carbons (Fsp3) is 0.739. The predicted octanol–water partition coefficient (Wildman–Crippen LogP) is 7.08. The standard InChI is InChI=1S/C23H36Cl2N4O2/c1-18-26-20-21(24)27-23(25)28-22(20)29(18)17-15-13-11-9-7-5-3-4-6-8-10-12-14-16-19(30)31-2/h3-17H2,1-2H3. The van der Waals surface area contributed by atoms with Crippen LogP contribution in [0.1, 0.15) is 95.7 Å². The van der Waals surface area contributed by atoms with E-state index in [1.54, 1.807) is 0 Å². The van der Waals surface area contributed by atoms with Crippen molar-refractivity contribution in [2.45, 2.75) is 103 Å². The summed E-state index contributed by atoms with van der Waals surface area (Å²) in [5.41, 5.74) is 1.36. The van der Waals surface area contributed by atoms with Crippen molar-refractivity contribution in [3.05, 3.63) is 16.3 Å². The van der Waals surface area contributed by atoms with Crippen LogP contribution in [-0.4, -0.2) is 32.6 Å². The molecule has 0 aromatic carbocycles. The lowest BCUT2D eigenvalue weighted by molar-refractivity contribution is -0.140. The highest BCUT2D eigenvalue weighted by Crippen LogP contribution is 2.23. The summed E-state index contributed by atoms with van der Waals surface area (Å²) in [7, 11) is 1.45. The summed E-state index contributed by atoms with van der Waals surface area (Å²) in [6.45, 7) is 2.85. The Morgan fingerprint density at radius 3 is 1.87 bits per heavy atom. The van der Waals surface area contributed by atoms with Gasteiger partial charge in [-0.15, -0.1) is 0 Å². The minimum absolute atomic E-state index is 0.0882. The fourth-order valence-electron chi connectivity index (χ4n) is 3.90. The summed E-state index contributed by atoms with van der Waals surface area (Å²) in [5.74, 6) is 0.812. The van der Waals surface area contributed by atoms with Crippen LogP contribution < -0.4 is 0 Å². The van der Waals surface area contributed by atoms with Crippen molar-refractivity contribution in [3.8, 4) is 0 Å². The molecule has 0 atom stereocenters. The molecule has 2 aromatic rings. The fourth-order valence-corrected chi connectivity index (χ4v) is 4.32. The molecule has 0 unspecified atom stereocenters. The second kappa shape index (κ2) is 14.6. The van der Waals surface area contributed by atoms with Gasteiger partial charge in [0.15, 0.2) is 10.8 Å². The molecule has 2 aromatic heterocycles. The number of nitrogens with zero attached hydrogens (tertiary/aromatic N) is 4. The van der Waals surface area contributed by atoms with Crippen molar-refractivity contribution in [1.29, 1.82) is 0 Å². The first kappa shape index (κ1) is 25.9. The Hall–Kier alpha value is -1.40. The van der Waals surface area contributed by atoms with Gasteiger partial charge in [0.05, 0.1) is 7.11 Å². The maximum Gasteiger partial charge on any atom is 0.305 e. The number of ether oxygens (including phenoxy) is 1. The Morgan fingerprint density at radius 2 is 1.32 bits per heavy atom. The van der Waals surface area contributed by atoms with Crippen LogP contribution in [0.3, 0.4) is 0 Å². The van der Waals surface area contributed by atoms with E-state index < -0.39 is 0 Å². The summed E-state index contributed by atoms with van der Waals surface area (Å²) in [6.07, 6.45) is 16.7. The van der Waals surface area contributed by atoms with E-state index in [-0.39, 0.29) is 11.3 Å². The van der Waals surface area contributed by atoms with Crippen LogP contribution in [0.15, 0.2) is 0 Å². The molecule has 0 N–H and O–H groups in total. The molecule has 0 saturated carbocycles. The van der Waals surface area contributed by atoms with Crippen LogP contribution in [0.25, 0.3) is 11.2 Å². The largest absolute Gasteiger partial charge is 0.469 e. The molecule has 0 spiro atoms. The normalized spacial score (nSPS) is 11.4. The Morgan fingerprint density at radius 1 is 0.806 bits per heavy atom. The van der Waals surface area contributed by atoms with Gasteiger partial charge in [-0.2, -0.15) is 4.98 Å². The van der Waals surface area contributed by atoms with Crippen LogP contribution in [-0.2, 0) is 16.1 Å². The molecule has 0 aliphatic rings. The second-order valence-electron chi connectivity index (χ2n) is 8.19. The number of esters is 1. The van der Waals surface area contributed by atoms with Crippen molar-refractivity contribution in [3.63, 3.8) is 0 Å². The van der Waals surface area contributed by atoms with E-state index in [9.17, 15) is 4.79 Å². The van der Waals surface area contributed by atoms with Crippen molar-refractivity contribution in [2.75, 3.05) is 7.11 Å². The van der Waals surface area contributed by atoms with Crippen LogP contribution in [0.4, 0.5) is 0 Å². The lowest BCUT2D eigenvalue weighted by Gasteiger charge is -2.07. The third-order valence-corrected chi connectivity index (χ3v) is 6.14. The van der Waals surface area contributed by atoms with Gasteiger partial charge in [0.25, 0.3) is 0 Å². The Bertz CT molecular complexity index is 810. The molecule has 0 fully saturated rings. The van der Waals surface area contributed by atoms with E-state index in [0.29, 0.717) is 17.1 Å². The molecule has 0 aliphatic heterocycles. The van der Waals surface area contributed by atoms with Crippen molar-refractivity contribution < 1.29 is 9.53 Å². The third kappa shape index (κ3) is 9.32. The number of methoxy groups -OCH3 is 1. The van der Waals surface area contributed by atoms with Gasteiger partial charge in [0, 0.05) is 13.0 Å². The van der Waals surface area contributed by atoms with E-state index in [4.69, 9.17) is 23.2 Å². The maximum atomic E-state index is 11.0. The Balaban J connectivity index is 1.45. The molecule has 0 amide bonds. The average molecular weight is 471 g/mol. The molecular weight excluding hydrogens is 435 g/mol. The van der Waals surface area contributed by atoms with Gasteiger partial charge in [-0.3, -0.25) is 4.79 Å². The average Bonchev–Trinajstić information content (AvgIpc) is 3.06. The van der Waals surface area contributed by atoms with Crippen molar-refractivity contribution >= 4 is 40.3 Å². The van der Waals surface area contributed by atoms with Gasteiger partial charge < -0.3 is 9.30 Å². The number of carbonyl (C=O) groups is 1. The minimum atomic E-state index is -0.0882. The highest BCUT2D eigenvalue weighted by atomic mass is 35.5. The van der Waals surface area contributed by atoms with Gasteiger partial charge in [0.1, 0.15) is 11.3 Å². The lowest BCUT2D eigenvalue weighted by atomic mass is 10.0. The van der Waals surface area contributed by atoms with Crippen molar-refractivity contribution in [1.82, 2.24) is 19.5 Å². The molecule has 0 saturated heterocycles. The molecule has 2 heterocycles. The number of halogens is 2. The van der Waals surface area contributed by atoms with Crippen molar-refractivity contribution in [2.24, 2.45) is 0 Å². The molecule has 0 bridgehead atoms. The zero-order valence-corrected chi connectivity index (χ0v) is 20.5. The van der Waals surface area contributed by atoms with Crippen LogP contribution >= 0.6 is 23.2 Å². The third-order valence-electron chi connectivity index (χ3n) is 5.71. The van der Waals surface area contributed by atoms with Gasteiger partial charge >= 0.3 is 5.97 Å². The molecule has 6 nitrogen and oxygen atoms in total. The zero-order valence-electron chi connectivity index (χ0n) is 19.0. The molecule has 174 valence electrons. The first-order valence-corrected chi connectivity index (χ1v) is 12.4. The smallest absolute Gasteiger partial charge is 0.305 e. The van der Waals surface area contributed by atoms with E-state index >= 15 is 0 Å². The maximum absolute atomic E-state index is 11.0. The van der Waals surface area contributed by atoms with E-state index in [0.717, 1.165) is 37.3 Å². The van der Waals surface area contributed by atoms with Crippen LogP contribution in [0, 0.1) is 6.92 Å². The lowest BCUT2D eigenvalue weighted by Crippen LogP contribution is -2.02. The predicted molar refractivity (Wildman–Crippen MR) is 127 cm³/mol.